The molecule has 5 rings (SSSR count). The number of hydrogen-bond donors (Lipinski definition) is 1. The highest BCUT2D eigenvalue weighted by Crippen LogP contribution is 2.18. The predicted octanol–water partition coefficient (Wildman–Crippen LogP) is 4.78. The van der Waals surface area contributed by atoms with Crippen LogP contribution in [0.2, 0.25) is 26.4 Å². The van der Waals surface area contributed by atoms with Gasteiger partial charge >= 0.3 is 0 Å². The van der Waals surface area contributed by atoms with E-state index in [9.17, 15) is 0 Å². The first-order chi connectivity index (χ1) is 15.4. The summed E-state index contributed by atoms with van der Waals surface area (Å²) in [7, 11) is 0. The molecule has 5 heterocycles. The van der Waals surface area contributed by atoms with E-state index in [2.05, 4.69) is 40.1 Å². The minimum atomic E-state index is 0.000000000000000444. The summed E-state index contributed by atoms with van der Waals surface area (Å²) in [5, 5.41) is 3.53. The number of aromatic nitrogens is 6. The molecule has 14 heteroatoms. The Balaban J connectivity index is 0.000000165. The smallest absolute Gasteiger partial charge is 0.230 e. The van der Waals surface area contributed by atoms with Gasteiger partial charge in [0.05, 0.1) is 0 Å². The zero-order valence-electron chi connectivity index (χ0n) is 17.4. The van der Waals surface area contributed by atoms with Crippen LogP contribution in [0.15, 0.2) is 0 Å². The molecule has 0 aromatic carbocycles. The molecule has 2 aromatic rings. The highest BCUT2D eigenvalue weighted by Gasteiger charge is 2.16. The molecule has 32 heavy (non-hydrogen) atoms. The standard InChI is InChI=1S/C7H8Cl2N4.C4H9N.C4H8O.C3Cl3N3/c8-5-10-6(9)12-7(11-5)13-3-1-2-4-13;2*1-2-4-5-3-1;4-1-7-2(5)9-3(6)8-1/h1-4H2;5H,1-4H2;1-4H2;. The summed E-state index contributed by atoms with van der Waals surface area (Å²) in [6.07, 6.45) is 7.67. The Labute approximate surface area is 212 Å². The topological polar surface area (TPSA) is 102 Å². The first-order valence-corrected chi connectivity index (χ1v) is 12.2. The van der Waals surface area contributed by atoms with Crippen molar-refractivity contribution in [3.05, 3.63) is 26.4 Å². The zero-order valence-corrected chi connectivity index (χ0v) is 21.2. The fraction of sp³-hybridized carbons (Fsp3) is 0.667. The second-order valence-electron chi connectivity index (χ2n) is 6.79. The lowest BCUT2D eigenvalue weighted by Gasteiger charge is -2.14. The van der Waals surface area contributed by atoms with E-state index in [4.69, 9.17) is 62.7 Å². The molecule has 0 radical (unpaired) electrons. The third kappa shape index (κ3) is 11.9. The largest absolute Gasteiger partial charge is 0.381 e. The van der Waals surface area contributed by atoms with Crippen LogP contribution < -0.4 is 10.2 Å². The Morgan fingerprint density at radius 3 is 1.28 bits per heavy atom. The van der Waals surface area contributed by atoms with Crippen molar-refractivity contribution in [2.24, 2.45) is 0 Å². The van der Waals surface area contributed by atoms with Crippen LogP contribution in [0.25, 0.3) is 0 Å². The summed E-state index contributed by atoms with van der Waals surface area (Å²) >= 11 is 27.3. The average Bonchev–Trinajstić information content (AvgIpc) is 3.54. The summed E-state index contributed by atoms with van der Waals surface area (Å²) in [4.78, 5) is 24.1. The third-order valence-corrected chi connectivity index (χ3v) is 5.14. The highest BCUT2D eigenvalue weighted by molar-refractivity contribution is 6.33. The molecule has 2 aromatic heterocycles. The Kier molecular flexibility index (Phi) is 13.7. The van der Waals surface area contributed by atoms with Crippen molar-refractivity contribution in [2.75, 3.05) is 44.3 Å². The molecule has 3 saturated heterocycles. The second-order valence-corrected chi connectivity index (χ2v) is 8.48. The molecule has 3 aliphatic rings. The van der Waals surface area contributed by atoms with E-state index >= 15 is 0 Å². The van der Waals surface area contributed by atoms with Crippen molar-refractivity contribution in [2.45, 2.75) is 38.5 Å². The van der Waals surface area contributed by atoms with Gasteiger partial charge in [0.25, 0.3) is 0 Å². The van der Waals surface area contributed by atoms with Crippen molar-refractivity contribution >= 4 is 64.0 Å². The number of anilines is 1. The number of halogens is 5. The van der Waals surface area contributed by atoms with E-state index in [1.807, 2.05) is 0 Å². The highest BCUT2D eigenvalue weighted by atomic mass is 35.5. The van der Waals surface area contributed by atoms with Crippen molar-refractivity contribution in [1.82, 2.24) is 35.2 Å². The van der Waals surface area contributed by atoms with Crippen LogP contribution in [0.5, 0.6) is 0 Å². The quantitative estimate of drug-likeness (QED) is 0.541. The molecule has 178 valence electrons. The average molecular weight is 547 g/mol. The molecular formula is C18H25Cl5N8O. The summed E-state index contributed by atoms with van der Waals surface area (Å²) in [5.41, 5.74) is 0. The van der Waals surface area contributed by atoms with Crippen LogP contribution in [-0.2, 0) is 4.74 Å². The Bertz CT molecular complexity index is 709. The zero-order chi connectivity index (χ0) is 23.2. The van der Waals surface area contributed by atoms with E-state index in [0.29, 0.717) is 5.95 Å². The minimum Gasteiger partial charge on any atom is -0.381 e. The predicted molar refractivity (Wildman–Crippen MR) is 128 cm³/mol. The van der Waals surface area contributed by atoms with Gasteiger partial charge in [-0.15, -0.1) is 0 Å². The summed E-state index contributed by atoms with van der Waals surface area (Å²) in [6.45, 7) is 6.44. The van der Waals surface area contributed by atoms with E-state index in [0.717, 1.165) is 26.3 Å². The van der Waals surface area contributed by atoms with Crippen LogP contribution in [0.3, 0.4) is 0 Å². The van der Waals surface area contributed by atoms with Crippen LogP contribution in [0.4, 0.5) is 5.95 Å². The summed E-state index contributed by atoms with van der Waals surface area (Å²) in [5.74, 6) is 0.586. The van der Waals surface area contributed by atoms with Crippen molar-refractivity contribution in [3.8, 4) is 0 Å². The molecular weight excluding hydrogens is 522 g/mol. The lowest BCUT2D eigenvalue weighted by atomic mass is 10.4. The number of nitrogens with zero attached hydrogens (tertiary/aromatic N) is 7. The molecule has 3 fully saturated rings. The van der Waals surface area contributed by atoms with Crippen LogP contribution >= 0.6 is 58.0 Å². The molecule has 3 aliphatic heterocycles. The molecule has 0 saturated carbocycles. The second kappa shape index (κ2) is 15.9. The Hall–Kier alpha value is -0.810. The van der Waals surface area contributed by atoms with E-state index in [1.54, 1.807) is 0 Å². The van der Waals surface area contributed by atoms with Gasteiger partial charge in [-0.1, -0.05) is 0 Å². The Morgan fingerprint density at radius 1 is 0.562 bits per heavy atom. The van der Waals surface area contributed by atoms with Gasteiger partial charge in [-0.05, 0) is 110 Å². The summed E-state index contributed by atoms with van der Waals surface area (Å²) in [6, 6.07) is 0. The monoisotopic (exact) mass is 544 g/mol. The maximum atomic E-state index is 5.66. The number of nitrogens with one attached hydrogen (secondary N) is 1. The van der Waals surface area contributed by atoms with Gasteiger partial charge in [-0.3, -0.25) is 0 Å². The third-order valence-electron chi connectivity index (χ3n) is 4.30. The molecule has 0 aliphatic carbocycles. The van der Waals surface area contributed by atoms with Gasteiger partial charge < -0.3 is 15.0 Å². The molecule has 0 unspecified atom stereocenters. The van der Waals surface area contributed by atoms with Crippen molar-refractivity contribution in [1.29, 1.82) is 0 Å². The van der Waals surface area contributed by atoms with Crippen molar-refractivity contribution < 1.29 is 4.74 Å². The van der Waals surface area contributed by atoms with Crippen LogP contribution in [-0.4, -0.2) is 69.3 Å². The lowest BCUT2D eigenvalue weighted by Crippen LogP contribution is -2.20. The minimum absolute atomic E-state index is 0.000000000000000444. The van der Waals surface area contributed by atoms with Gasteiger partial charge in [0, 0.05) is 26.3 Å². The Morgan fingerprint density at radius 2 is 0.969 bits per heavy atom. The SMILES string of the molecule is C1CCNC1.C1CCOC1.Clc1nc(Cl)nc(Cl)n1.Clc1nc(Cl)nc(N2CCCC2)n1. The molecule has 9 nitrogen and oxygen atoms in total. The van der Waals surface area contributed by atoms with E-state index in [-0.39, 0.29) is 26.4 Å². The molecule has 0 atom stereocenters. The van der Waals surface area contributed by atoms with Gasteiger partial charge in [0.2, 0.25) is 32.4 Å². The fourth-order valence-electron chi connectivity index (χ4n) is 2.81. The van der Waals surface area contributed by atoms with E-state index in [1.165, 1.54) is 51.6 Å². The van der Waals surface area contributed by atoms with Crippen molar-refractivity contribution in [3.63, 3.8) is 0 Å². The first kappa shape index (κ1) is 27.4. The van der Waals surface area contributed by atoms with Gasteiger partial charge in [0.1, 0.15) is 0 Å². The first-order valence-electron chi connectivity index (χ1n) is 10.3. The van der Waals surface area contributed by atoms with Gasteiger partial charge in [-0.2, -0.15) is 29.9 Å². The number of hydrogen-bond acceptors (Lipinski definition) is 9. The van der Waals surface area contributed by atoms with Gasteiger partial charge in [0.15, 0.2) is 0 Å². The normalized spacial score (nSPS) is 17.0. The molecule has 1 N–H and O–H groups in total. The van der Waals surface area contributed by atoms with Gasteiger partial charge in [-0.25, -0.2) is 0 Å². The molecule has 0 bridgehead atoms. The maximum absolute atomic E-state index is 5.66. The summed E-state index contributed by atoms with van der Waals surface area (Å²) < 4.78 is 4.94. The lowest BCUT2D eigenvalue weighted by molar-refractivity contribution is 0.198. The molecule has 0 amide bonds. The van der Waals surface area contributed by atoms with Crippen LogP contribution in [0, 0.1) is 0 Å². The van der Waals surface area contributed by atoms with Crippen LogP contribution in [0.1, 0.15) is 38.5 Å². The number of rotatable bonds is 1. The fourth-order valence-corrected chi connectivity index (χ4v) is 3.78. The molecule has 0 spiro atoms. The number of ether oxygens (including phenoxy) is 1. The maximum Gasteiger partial charge on any atom is 0.230 e. The van der Waals surface area contributed by atoms with E-state index < -0.39 is 0 Å².